The Hall–Kier alpha value is -2.05. The van der Waals surface area contributed by atoms with Crippen LogP contribution in [-0.2, 0) is 38.0 Å². The highest BCUT2D eigenvalue weighted by Gasteiger charge is 2.16. The van der Waals surface area contributed by atoms with Crippen LogP contribution in [0.25, 0.3) is 0 Å². The lowest BCUT2D eigenvalue weighted by molar-refractivity contribution is -0.133. The van der Waals surface area contributed by atoms with Crippen molar-refractivity contribution in [3.8, 4) is 5.75 Å². The molecular weight excluding hydrogens is 496 g/mol. The second kappa shape index (κ2) is 21.8. The molecule has 0 amide bonds. The summed E-state index contributed by atoms with van der Waals surface area (Å²) in [6.45, 7) is 15.4. The molecule has 10 heteroatoms. The zero-order valence-electron chi connectivity index (χ0n) is 23.2. The Bertz CT molecular complexity index is 720. The lowest BCUT2D eigenvalue weighted by Gasteiger charge is -2.19. The van der Waals surface area contributed by atoms with Gasteiger partial charge in [0.1, 0.15) is 12.4 Å². The zero-order chi connectivity index (χ0) is 27.9. The molecule has 0 heterocycles. The third kappa shape index (κ3) is 20.9. The molecule has 0 saturated carbocycles. The Morgan fingerprint density at radius 2 is 1.21 bits per heavy atom. The number of aliphatic carboxylic acids is 1. The van der Waals surface area contributed by atoms with Crippen LogP contribution in [0.2, 0.25) is 0 Å². The van der Waals surface area contributed by atoms with Crippen LogP contribution in [0.15, 0.2) is 42.5 Å². The minimum atomic E-state index is -1.05. The molecule has 0 aliphatic carbocycles. The average molecular weight is 543 g/mol. The molecule has 0 aromatic heterocycles. The fraction of sp³-hybridized carbons (Fsp3) is 0.679. The third-order valence-electron chi connectivity index (χ3n) is 4.79. The van der Waals surface area contributed by atoms with Crippen molar-refractivity contribution in [2.24, 2.45) is 0 Å². The van der Waals surface area contributed by atoms with Crippen LogP contribution in [0.5, 0.6) is 5.75 Å². The Kier molecular flexibility index (Phi) is 19.5. The van der Waals surface area contributed by atoms with Crippen molar-refractivity contribution in [2.45, 2.75) is 38.9 Å². The normalized spacial score (nSPS) is 12.4. The minimum Gasteiger partial charge on any atom is -0.491 e. The van der Waals surface area contributed by atoms with E-state index in [4.69, 9.17) is 43.0 Å². The molecule has 1 aromatic carbocycles. The molecule has 0 aliphatic rings. The van der Waals surface area contributed by atoms with Crippen LogP contribution in [0.1, 0.15) is 27.2 Å². The van der Waals surface area contributed by atoms with Crippen molar-refractivity contribution >= 4 is 5.97 Å². The van der Waals surface area contributed by atoms with Gasteiger partial charge in [-0.25, -0.2) is 4.79 Å². The number of carboxylic acid groups (broad SMARTS) is 1. The maximum Gasteiger partial charge on any atom is 0.331 e. The predicted octanol–water partition coefficient (Wildman–Crippen LogP) is 3.38. The molecule has 1 aromatic rings. The number of carboxylic acids is 1. The van der Waals surface area contributed by atoms with Gasteiger partial charge < -0.3 is 43.0 Å². The number of hydrogen-bond donors (Lipinski definition) is 1. The van der Waals surface area contributed by atoms with E-state index in [-0.39, 0.29) is 24.2 Å². The number of hydrogen-bond acceptors (Lipinski definition) is 9. The fourth-order valence-corrected chi connectivity index (χ4v) is 2.90. The van der Waals surface area contributed by atoms with Crippen LogP contribution in [-0.4, -0.2) is 109 Å². The summed E-state index contributed by atoms with van der Waals surface area (Å²) in [5, 5.41) is 9.11. The Balaban J connectivity index is 1.93. The van der Waals surface area contributed by atoms with Gasteiger partial charge in [-0.1, -0.05) is 24.8 Å². The van der Waals surface area contributed by atoms with Crippen molar-refractivity contribution in [2.75, 3.05) is 85.9 Å². The number of ether oxygens (including phenoxy) is 8. The molecule has 0 radical (unpaired) electrons. The number of carbonyl (C=O) groups is 1. The first-order valence-electron chi connectivity index (χ1n) is 13.0. The van der Waals surface area contributed by atoms with E-state index < -0.39 is 12.1 Å². The van der Waals surface area contributed by atoms with Gasteiger partial charge in [0.25, 0.3) is 0 Å². The molecule has 1 N–H and O–H groups in total. The molecule has 0 bridgehead atoms. The molecule has 218 valence electrons. The van der Waals surface area contributed by atoms with E-state index in [0.29, 0.717) is 85.0 Å². The molecule has 0 saturated heterocycles. The largest absolute Gasteiger partial charge is 0.491 e. The second-order valence-electron chi connectivity index (χ2n) is 9.25. The predicted molar refractivity (Wildman–Crippen MR) is 143 cm³/mol. The molecule has 1 rings (SSSR count). The van der Waals surface area contributed by atoms with Crippen molar-refractivity contribution < 1.29 is 47.8 Å². The van der Waals surface area contributed by atoms with E-state index in [9.17, 15) is 4.79 Å². The minimum absolute atomic E-state index is 0.0707. The Labute approximate surface area is 227 Å². The summed E-state index contributed by atoms with van der Waals surface area (Å²) in [6, 6.07) is 9.28. The summed E-state index contributed by atoms with van der Waals surface area (Å²) in [5.74, 6) is -0.360. The highest BCUT2D eigenvalue weighted by atomic mass is 16.6. The zero-order valence-corrected chi connectivity index (χ0v) is 23.2. The van der Waals surface area contributed by atoms with Crippen LogP contribution in [0.4, 0.5) is 0 Å². The van der Waals surface area contributed by atoms with Crippen molar-refractivity contribution in [3.05, 3.63) is 42.5 Å². The summed E-state index contributed by atoms with van der Waals surface area (Å²) >= 11 is 0. The smallest absolute Gasteiger partial charge is 0.331 e. The monoisotopic (exact) mass is 542 g/mol. The summed E-state index contributed by atoms with van der Waals surface area (Å²) in [6.07, 6.45) is -0.280. The average Bonchev–Trinajstić information content (AvgIpc) is 2.88. The van der Waals surface area contributed by atoms with Crippen LogP contribution in [0, 0.1) is 0 Å². The van der Waals surface area contributed by atoms with Crippen molar-refractivity contribution in [1.82, 2.24) is 0 Å². The third-order valence-corrected chi connectivity index (χ3v) is 4.79. The molecule has 0 fully saturated rings. The van der Waals surface area contributed by atoms with E-state index in [1.807, 2.05) is 51.1 Å². The molecular formula is C28H46O10. The van der Waals surface area contributed by atoms with Gasteiger partial charge in [0.15, 0.2) is 0 Å². The van der Waals surface area contributed by atoms with Gasteiger partial charge in [0, 0.05) is 12.0 Å². The molecule has 1 unspecified atom stereocenters. The quantitative estimate of drug-likeness (QED) is 0.146. The first kappa shape index (κ1) is 34.0. The van der Waals surface area contributed by atoms with Crippen molar-refractivity contribution in [3.63, 3.8) is 0 Å². The lowest BCUT2D eigenvalue weighted by atomic mass is 10.1. The SMILES string of the molecule is C=C(CC(COc1ccccc1)OCCOCCOCCOCCOCCOCCOC(C)(C)C)C(=O)O. The number of rotatable bonds is 25. The van der Waals surface area contributed by atoms with E-state index in [1.165, 1.54) is 0 Å². The first-order chi connectivity index (χ1) is 18.3. The molecule has 1 atom stereocenters. The van der Waals surface area contributed by atoms with Gasteiger partial charge >= 0.3 is 5.97 Å². The highest BCUT2D eigenvalue weighted by Crippen LogP contribution is 2.13. The molecule has 0 aliphatic heterocycles. The maximum absolute atomic E-state index is 11.1. The Morgan fingerprint density at radius 1 is 0.763 bits per heavy atom. The topological polar surface area (TPSA) is 111 Å². The van der Waals surface area contributed by atoms with E-state index in [1.54, 1.807) is 0 Å². The highest BCUT2D eigenvalue weighted by molar-refractivity contribution is 5.85. The second-order valence-corrected chi connectivity index (χ2v) is 9.25. The van der Waals surface area contributed by atoms with Crippen LogP contribution < -0.4 is 4.74 Å². The standard InChI is InChI=1S/C28H46O10/c1-24(27(29)30)22-26(23-37-25-8-6-5-7-9-25)36-20-18-34-16-14-32-12-10-31-11-13-33-15-17-35-19-21-38-28(2,3)4/h5-9,26H,1,10-23H2,2-4H3,(H,29,30). The van der Waals surface area contributed by atoms with E-state index >= 15 is 0 Å². The van der Waals surface area contributed by atoms with Gasteiger partial charge in [-0.3, -0.25) is 0 Å². The van der Waals surface area contributed by atoms with Crippen molar-refractivity contribution in [1.29, 1.82) is 0 Å². The molecule has 0 spiro atoms. The van der Waals surface area contributed by atoms with Gasteiger partial charge in [0.2, 0.25) is 0 Å². The van der Waals surface area contributed by atoms with Gasteiger partial charge in [0.05, 0.1) is 91.0 Å². The van der Waals surface area contributed by atoms with Crippen LogP contribution in [0.3, 0.4) is 0 Å². The van der Waals surface area contributed by atoms with E-state index in [0.717, 1.165) is 0 Å². The summed E-state index contributed by atoms with van der Waals surface area (Å²) in [5.41, 5.74) is -0.0739. The summed E-state index contributed by atoms with van der Waals surface area (Å²) in [7, 11) is 0. The fourth-order valence-electron chi connectivity index (χ4n) is 2.90. The number of benzene rings is 1. The first-order valence-corrected chi connectivity index (χ1v) is 13.0. The Morgan fingerprint density at radius 3 is 1.66 bits per heavy atom. The molecule has 38 heavy (non-hydrogen) atoms. The van der Waals surface area contributed by atoms with Crippen LogP contribution >= 0.6 is 0 Å². The molecule has 10 nitrogen and oxygen atoms in total. The van der Waals surface area contributed by atoms with Gasteiger partial charge in [-0.05, 0) is 32.9 Å². The van der Waals surface area contributed by atoms with E-state index in [2.05, 4.69) is 6.58 Å². The summed E-state index contributed by atoms with van der Waals surface area (Å²) < 4.78 is 44.4. The van der Waals surface area contributed by atoms with Gasteiger partial charge in [-0.15, -0.1) is 0 Å². The lowest BCUT2D eigenvalue weighted by Crippen LogP contribution is -2.26. The summed E-state index contributed by atoms with van der Waals surface area (Å²) in [4.78, 5) is 11.1. The number of para-hydroxylation sites is 1. The maximum atomic E-state index is 11.1. The van der Waals surface area contributed by atoms with Gasteiger partial charge in [-0.2, -0.15) is 0 Å².